The molecule has 2 rings (SSSR count). The van der Waals surface area contributed by atoms with Crippen LogP contribution in [0.1, 0.15) is 12.5 Å². The van der Waals surface area contributed by atoms with E-state index in [1.807, 2.05) is 0 Å². The van der Waals surface area contributed by atoms with Crippen LogP contribution in [0.5, 0.6) is 5.75 Å². The molecule has 0 saturated carbocycles. The molecule has 0 aliphatic heterocycles. The Morgan fingerprint density at radius 2 is 1.52 bits per heavy atom. The molecule has 23 heavy (non-hydrogen) atoms. The summed E-state index contributed by atoms with van der Waals surface area (Å²) in [5.41, 5.74) is 0.575. The molecule has 0 unspecified atom stereocenters. The van der Waals surface area contributed by atoms with Gasteiger partial charge in [-0.3, -0.25) is 0 Å². The van der Waals surface area contributed by atoms with Crippen LogP contribution in [-0.4, -0.2) is 22.6 Å². The molecular formula is C15H15ClO5S2. The van der Waals surface area contributed by atoms with E-state index in [9.17, 15) is 16.8 Å². The van der Waals surface area contributed by atoms with Gasteiger partial charge in [0.25, 0.3) is 0 Å². The Hall–Kier alpha value is -1.57. The largest absolute Gasteiger partial charge is 0.379 e. The number of aryl methyl sites for hydroxylation is 1. The summed E-state index contributed by atoms with van der Waals surface area (Å²) in [4.78, 5) is -0.0523. The lowest BCUT2D eigenvalue weighted by atomic mass is 10.2. The third-order valence-corrected chi connectivity index (χ3v) is 6.42. The van der Waals surface area contributed by atoms with Crippen LogP contribution in [-0.2, 0) is 20.0 Å². The molecule has 0 radical (unpaired) electrons. The zero-order chi connectivity index (χ0) is 17.3. The van der Waals surface area contributed by atoms with Crippen molar-refractivity contribution < 1.29 is 21.0 Å². The first-order valence-electron chi connectivity index (χ1n) is 6.69. The fraction of sp³-hybridized carbons (Fsp3) is 0.200. The van der Waals surface area contributed by atoms with E-state index in [1.165, 1.54) is 43.3 Å². The predicted molar refractivity (Wildman–Crippen MR) is 88.2 cm³/mol. The lowest BCUT2D eigenvalue weighted by Crippen LogP contribution is -2.11. The minimum atomic E-state index is -4.06. The van der Waals surface area contributed by atoms with Crippen molar-refractivity contribution >= 4 is 31.6 Å². The number of rotatable bonds is 5. The number of halogens is 1. The van der Waals surface area contributed by atoms with Gasteiger partial charge in [-0.05, 0) is 55.0 Å². The van der Waals surface area contributed by atoms with Gasteiger partial charge in [0.05, 0.1) is 10.6 Å². The first-order valence-corrected chi connectivity index (χ1v) is 10.1. The Balaban J connectivity index is 2.33. The van der Waals surface area contributed by atoms with Gasteiger partial charge in [-0.25, -0.2) is 8.42 Å². The third kappa shape index (κ3) is 4.04. The summed E-state index contributed by atoms with van der Waals surface area (Å²) in [5, 5.41) is 0.473. The Labute approximate surface area is 140 Å². The molecule has 124 valence electrons. The van der Waals surface area contributed by atoms with Crippen LogP contribution >= 0.6 is 11.6 Å². The molecule has 0 spiro atoms. The minimum absolute atomic E-state index is 0.0560. The molecule has 0 atom stereocenters. The van der Waals surface area contributed by atoms with Gasteiger partial charge < -0.3 is 4.18 Å². The topological polar surface area (TPSA) is 77.5 Å². The van der Waals surface area contributed by atoms with Crippen molar-refractivity contribution in [3.8, 4) is 5.75 Å². The zero-order valence-corrected chi connectivity index (χ0v) is 14.9. The van der Waals surface area contributed by atoms with E-state index in [-0.39, 0.29) is 21.3 Å². The standard InChI is InChI=1S/C15H15ClO5S2/c1-3-22(17,18)13-5-7-14(8-6-13)23(19,20)21-15-9-4-12(16)10-11(15)2/h4-10H,3H2,1-2H3. The second-order valence-corrected chi connectivity index (χ2v) is 9.08. The maximum absolute atomic E-state index is 12.3. The van der Waals surface area contributed by atoms with E-state index in [4.69, 9.17) is 15.8 Å². The fourth-order valence-electron chi connectivity index (χ4n) is 1.85. The second kappa shape index (κ2) is 6.51. The van der Waals surface area contributed by atoms with Crippen LogP contribution in [0.4, 0.5) is 0 Å². The molecule has 0 aromatic heterocycles. The van der Waals surface area contributed by atoms with Crippen molar-refractivity contribution in [3.05, 3.63) is 53.1 Å². The molecule has 2 aromatic carbocycles. The van der Waals surface area contributed by atoms with Crippen molar-refractivity contribution in [1.29, 1.82) is 0 Å². The summed E-state index contributed by atoms with van der Waals surface area (Å²) in [6.07, 6.45) is 0. The molecule has 0 N–H and O–H groups in total. The quantitative estimate of drug-likeness (QED) is 0.751. The summed E-state index contributed by atoms with van der Waals surface area (Å²) in [5.74, 6) is 0.110. The second-order valence-electron chi connectivity index (χ2n) is 4.82. The van der Waals surface area contributed by atoms with E-state index < -0.39 is 20.0 Å². The van der Waals surface area contributed by atoms with E-state index in [0.717, 1.165) is 0 Å². The first kappa shape index (κ1) is 17.8. The molecule has 0 fully saturated rings. The molecule has 8 heteroatoms. The smallest absolute Gasteiger partial charge is 0.339 e. The van der Waals surface area contributed by atoms with Crippen molar-refractivity contribution in [3.63, 3.8) is 0 Å². The maximum Gasteiger partial charge on any atom is 0.339 e. The summed E-state index contributed by atoms with van der Waals surface area (Å²) < 4.78 is 53.1. The fourth-order valence-corrected chi connectivity index (χ4v) is 3.95. The van der Waals surface area contributed by atoms with Crippen LogP contribution in [0.15, 0.2) is 52.3 Å². The maximum atomic E-state index is 12.3. The average molecular weight is 375 g/mol. The molecule has 0 aliphatic carbocycles. The number of sulfone groups is 1. The zero-order valence-electron chi connectivity index (χ0n) is 12.5. The van der Waals surface area contributed by atoms with Gasteiger partial charge in [0.2, 0.25) is 0 Å². The first-order chi connectivity index (χ1) is 10.7. The van der Waals surface area contributed by atoms with Gasteiger partial charge in [0, 0.05) is 5.02 Å². The Kier molecular flexibility index (Phi) is 5.03. The highest BCUT2D eigenvalue weighted by Crippen LogP contribution is 2.26. The molecule has 5 nitrogen and oxygen atoms in total. The number of hydrogen-bond donors (Lipinski definition) is 0. The van der Waals surface area contributed by atoms with Crippen LogP contribution < -0.4 is 4.18 Å². The van der Waals surface area contributed by atoms with Crippen LogP contribution in [0.25, 0.3) is 0 Å². The van der Waals surface area contributed by atoms with Gasteiger partial charge in [-0.2, -0.15) is 8.42 Å². The molecule has 2 aromatic rings. The Morgan fingerprint density at radius 1 is 0.957 bits per heavy atom. The van der Waals surface area contributed by atoms with Crippen molar-refractivity contribution in [2.75, 3.05) is 5.75 Å². The monoisotopic (exact) mass is 374 g/mol. The molecule has 0 aliphatic rings. The van der Waals surface area contributed by atoms with E-state index in [0.29, 0.717) is 10.6 Å². The third-order valence-electron chi connectivity index (χ3n) is 3.19. The van der Waals surface area contributed by atoms with E-state index in [2.05, 4.69) is 0 Å². The normalized spacial score (nSPS) is 12.1. The van der Waals surface area contributed by atoms with Crippen LogP contribution in [0.2, 0.25) is 5.02 Å². The molecule has 0 heterocycles. The van der Waals surface area contributed by atoms with Crippen molar-refractivity contribution in [2.24, 2.45) is 0 Å². The van der Waals surface area contributed by atoms with Crippen LogP contribution in [0.3, 0.4) is 0 Å². The number of benzene rings is 2. The molecule has 0 saturated heterocycles. The van der Waals surface area contributed by atoms with Gasteiger partial charge in [-0.1, -0.05) is 18.5 Å². The Bertz CT molecular complexity index is 917. The van der Waals surface area contributed by atoms with Gasteiger partial charge in [-0.15, -0.1) is 0 Å². The van der Waals surface area contributed by atoms with Gasteiger partial charge in [0.1, 0.15) is 10.6 Å². The lowest BCUT2D eigenvalue weighted by molar-refractivity contribution is 0.484. The molecule has 0 bridgehead atoms. The van der Waals surface area contributed by atoms with Crippen LogP contribution in [0, 0.1) is 6.92 Å². The average Bonchev–Trinajstić information content (AvgIpc) is 2.50. The summed E-state index contributed by atoms with van der Waals surface area (Å²) >= 11 is 5.82. The summed E-state index contributed by atoms with van der Waals surface area (Å²) in [7, 11) is -7.44. The highest BCUT2D eigenvalue weighted by atomic mass is 35.5. The molecular weight excluding hydrogens is 360 g/mol. The molecule has 0 amide bonds. The van der Waals surface area contributed by atoms with Gasteiger partial charge in [0.15, 0.2) is 9.84 Å². The lowest BCUT2D eigenvalue weighted by Gasteiger charge is -2.10. The highest BCUT2D eigenvalue weighted by Gasteiger charge is 2.19. The number of hydrogen-bond acceptors (Lipinski definition) is 5. The van der Waals surface area contributed by atoms with Crippen molar-refractivity contribution in [2.45, 2.75) is 23.6 Å². The Morgan fingerprint density at radius 3 is 2.04 bits per heavy atom. The predicted octanol–water partition coefficient (Wildman–Crippen LogP) is 3.21. The van der Waals surface area contributed by atoms with E-state index >= 15 is 0 Å². The minimum Gasteiger partial charge on any atom is -0.379 e. The van der Waals surface area contributed by atoms with E-state index in [1.54, 1.807) is 13.0 Å². The van der Waals surface area contributed by atoms with Crippen molar-refractivity contribution in [1.82, 2.24) is 0 Å². The van der Waals surface area contributed by atoms with Gasteiger partial charge >= 0.3 is 10.1 Å². The summed E-state index contributed by atoms with van der Waals surface area (Å²) in [6.45, 7) is 3.19. The SMILES string of the molecule is CCS(=O)(=O)c1ccc(S(=O)(=O)Oc2ccc(Cl)cc2C)cc1. The summed E-state index contributed by atoms with van der Waals surface area (Å²) in [6, 6.07) is 9.50. The highest BCUT2D eigenvalue weighted by molar-refractivity contribution is 7.91.